The van der Waals surface area contributed by atoms with Crippen molar-refractivity contribution in [3.8, 4) is 0 Å². The number of likely N-dealkylation sites (tertiary alicyclic amines) is 1. The molecule has 4 aliphatic rings. The Hall–Kier alpha value is -2.50. The van der Waals surface area contributed by atoms with Crippen LogP contribution in [-0.2, 0) is 32.0 Å². The van der Waals surface area contributed by atoms with E-state index in [0.29, 0.717) is 0 Å². The lowest BCUT2D eigenvalue weighted by atomic mass is 9.85. The van der Waals surface area contributed by atoms with E-state index in [-0.39, 0.29) is 49.7 Å². The molecule has 0 aromatic heterocycles. The number of nitrogens with one attached hydrogen (secondary N) is 2. The number of carbonyl (C=O) groups excluding carboxylic acids is 2. The molecule has 160 valence electrons. The number of amides is 2. The van der Waals surface area contributed by atoms with Gasteiger partial charge in [-0.2, -0.15) is 4.21 Å². The summed E-state index contributed by atoms with van der Waals surface area (Å²) in [7, 11) is 0. The lowest BCUT2D eigenvalue weighted by Gasteiger charge is -2.46. The monoisotopic (exact) mass is 433 g/mol. The van der Waals surface area contributed by atoms with Crippen molar-refractivity contribution in [3.63, 3.8) is 0 Å². The summed E-state index contributed by atoms with van der Waals surface area (Å²) in [5, 5.41) is 38.1. The highest BCUT2D eigenvalue weighted by Crippen LogP contribution is 2.42. The molecule has 0 radical (unpaired) electrons. The fourth-order valence-corrected chi connectivity index (χ4v) is 4.30. The van der Waals surface area contributed by atoms with Gasteiger partial charge in [-0.1, -0.05) is 0 Å². The summed E-state index contributed by atoms with van der Waals surface area (Å²) in [5.41, 5.74) is 10.1. The Morgan fingerprint density at radius 3 is 2.52 bits per heavy atom. The molecule has 2 saturated heterocycles. The van der Waals surface area contributed by atoms with E-state index in [1.807, 2.05) is 0 Å². The van der Waals surface area contributed by atoms with E-state index in [9.17, 15) is 25.1 Å². The first-order chi connectivity index (χ1) is 13.7. The largest absolute Gasteiger partial charge is 0.692 e. The molecule has 15 nitrogen and oxygen atoms in total. The van der Waals surface area contributed by atoms with Crippen molar-refractivity contribution < 1.29 is 44.2 Å². The number of guanidine groups is 2. The van der Waals surface area contributed by atoms with Crippen molar-refractivity contribution in [1.82, 2.24) is 15.1 Å². The molecule has 4 heterocycles. The van der Waals surface area contributed by atoms with Gasteiger partial charge >= 0.3 is 5.96 Å². The van der Waals surface area contributed by atoms with Gasteiger partial charge in [-0.3, -0.25) is 35.2 Å². The zero-order valence-corrected chi connectivity index (χ0v) is 15.6. The predicted octanol–water partition coefficient (Wildman–Crippen LogP) is -7.85. The summed E-state index contributed by atoms with van der Waals surface area (Å²) in [4.78, 5) is 37.9. The number of hydrogen-bond acceptors (Lipinski definition) is 14. The van der Waals surface area contributed by atoms with Crippen molar-refractivity contribution >= 4 is 36.3 Å². The maximum Gasteiger partial charge on any atom is 0.343 e. The number of rotatable bonds is 4. The van der Waals surface area contributed by atoms with Gasteiger partial charge in [0, 0.05) is 12.8 Å². The third-order valence-corrected chi connectivity index (χ3v) is 5.51. The number of carbonyl (C=O) groups is 2. The second-order valence-corrected chi connectivity index (χ2v) is 6.87. The Labute approximate surface area is 168 Å². The Bertz CT molecular complexity index is 762. The van der Waals surface area contributed by atoms with Gasteiger partial charge in [-0.05, 0) is 0 Å². The maximum atomic E-state index is 12.0. The Morgan fingerprint density at radius 1 is 1.31 bits per heavy atom. The van der Waals surface area contributed by atoms with Crippen LogP contribution in [0, 0.1) is 0 Å². The van der Waals surface area contributed by atoms with Crippen molar-refractivity contribution in [2.45, 2.75) is 42.5 Å². The Kier molecular flexibility index (Phi) is 5.41. The van der Waals surface area contributed by atoms with Gasteiger partial charge in [0.25, 0.3) is 11.4 Å². The van der Waals surface area contributed by atoms with Crippen molar-refractivity contribution in [3.05, 3.63) is 0 Å². The standard InChI is InChI=1S/C13H19N7O7.OS/c14-10-17-9-5(3-19-7(21)1-2-8(19)22)16-11(15)20-4-6(26-27-25)13(23,24)12(9,20)18-10;1-2/h5-6,9,23-25H,1-4H2,(H2,15,16)(H3,14,17,18);/t5-,6-,9-,12-;/m0./s1. The molecule has 0 aromatic rings. The lowest BCUT2D eigenvalue weighted by molar-refractivity contribution is -0.807. The van der Waals surface area contributed by atoms with Crippen LogP contribution in [0.2, 0.25) is 0 Å². The van der Waals surface area contributed by atoms with Crippen LogP contribution in [0.25, 0.3) is 0 Å². The number of aliphatic imine (C=N–C) groups is 1. The van der Waals surface area contributed by atoms with Crippen LogP contribution in [0.1, 0.15) is 12.8 Å². The fraction of sp³-hybridized carbons (Fsp3) is 0.692. The van der Waals surface area contributed by atoms with E-state index in [1.54, 1.807) is 0 Å². The molecule has 29 heavy (non-hydrogen) atoms. The molecule has 8 N–H and O–H groups in total. The van der Waals surface area contributed by atoms with Gasteiger partial charge in [0.2, 0.25) is 11.8 Å². The average Bonchev–Trinajstić information content (AvgIpc) is 3.27. The van der Waals surface area contributed by atoms with E-state index in [2.05, 4.69) is 37.8 Å². The Morgan fingerprint density at radius 2 is 1.93 bits per heavy atom. The predicted molar refractivity (Wildman–Crippen MR) is 89.2 cm³/mol. The van der Waals surface area contributed by atoms with Crippen molar-refractivity contribution in [2.24, 2.45) is 16.5 Å². The summed E-state index contributed by atoms with van der Waals surface area (Å²) >= 11 is 2.83. The Balaban J connectivity index is 0.00000117. The quantitative estimate of drug-likeness (QED) is 0.105. The number of aliphatic hydroxyl groups is 2. The summed E-state index contributed by atoms with van der Waals surface area (Å²) < 4.78 is 7.83. The van der Waals surface area contributed by atoms with E-state index in [1.165, 1.54) is 4.90 Å². The van der Waals surface area contributed by atoms with E-state index in [4.69, 9.17) is 15.7 Å². The first-order valence-electron chi connectivity index (χ1n) is 8.40. The van der Waals surface area contributed by atoms with Gasteiger partial charge in [0.05, 0.1) is 13.1 Å². The summed E-state index contributed by atoms with van der Waals surface area (Å²) in [6, 6.07) is -1.76. The first kappa shape index (κ1) is 21.2. The molecular weight excluding hydrogens is 414 g/mol. The SMILES string of the molecule is NC1=N[C@@H](CN2C(=O)CCC2=O)[C@@H]2[NH+]=C(N)N[C@]23N1C[C@H](OO[O-])C3(O)O.O=S. The van der Waals surface area contributed by atoms with Gasteiger partial charge < -0.3 is 21.2 Å². The highest BCUT2D eigenvalue weighted by Gasteiger charge is 2.77. The molecule has 4 rings (SSSR count). The molecule has 0 aliphatic carbocycles. The van der Waals surface area contributed by atoms with Crippen LogP contribution < -0.4 is 27.0 Å². The highest BCUT2D eigenvalue weighted by molar-refractivity contribution is 7.44. The van der Waals surface area contributed by atoms with Crippen molar-refractivity contribution in [1.29, 1.82) is 0 Å². The van der Waals surface area contributed by atoms with Gasteiger partial charge in [-0.25, -0.2) is 15.2 Å². The topological polar surface area (TPSA) is 230 Å². The molecule has 0 bridgehead atoms. The summed E-state index contributed by atoms with van der Waals surface area (Å²) in [6.45, 7) is -0.364. The van der Waals surface area contributed by atoms with Crippen LogP contribution in [0.4, 0.5) is 0 Å². The molecule has 16 heteroatoms. The minimum atomic E-state index is -2.69. The van der Waals surface area contributed by atoms with Crippen LogP contribution in [0.3, 0.4) is 0 Å². The molecule has 0 saturated carbocycles. The van der Waals surface area contributed by atoms with Gasteiger partial charge in [0.15, 0.2) is 30.6 Å². The van der Waals surface area contributed by atoms with Crippen LogP contribution in [-0.4, -0.2) is 90.7 Å². The minimum Gasteiger partial charge on any atom is -0.692 e. The molecule has 0 unspecified atom stereocenters. The number of hydrogen-bond donors (Lipinski definition) is 6. The molecule has 2 amide bonds. The molecular formula is C13H19N7O8S. The van der Waals surface area contributed by atoms with Crippen molar-refractivity contribution in [2.75, 3.05) is 13.1 Å². The molecule has 2 fully saturated rings. The molecule has 0 aromatic carbocycles. The van der Waals surface area contributed by atoms with E-state index in [0.717, 1.165) is 4.90 Å². The number of nitrogens with zero attached hydrogens (tertiary/aromatic N) is 3. The van der Waals surface area contributed by atoms with Gasteiger partial charge in [-0.15, -0.1) is 0 Å². The molecule has 4 atom stereocenters. The zero-order chi connectivity index (χ0) is 21.6. The van der Waals surface area contributed by atoms with Crippen LogP contribution in [0.5, 0.6) is 0 Å². The second-order valence-electron chi connectivity index (χ2n) is 6.87. The van der Waals surface area contributed by atoms with E-state index < -0.39 is 29.6 Å². The number of imide groups is 1. The smallest absolute Gasteiger partial charge is 0.343 e. The molecule has 1 spiro atoms. The summed E-state index contributed by atoms with van der Waals surface area (Å²) in [6.07, 6.45) is -1.29. The lowest BCUT2D eigenvalue weighted by Crippen LogP contribution is -2.90. The van der Waals surface area contributed by atoms with Crippen LogP contribution >= 0.6 is 0 Å². The molecule has 4 aliphatic heterocycles. The fourth-order valence-electron chi connectivity index (χ4n) is 4.30. The minimum absolute atomic E-state index is 0.00450. The average molecular weight is 433 g/mol. The first-order valence-corrected chi connectivity index (χ1v) is 8.73. The van der Waals surface area contributed by atoms with Gasteiger partial charge in [0.1, 0.15) is 6.04 Å². The third-order valence-electron chi connectivity index (χ3n) is 5.51. The second kappa shape index (κ2) is 7.39. The highest BCUT2D eigenvalue weighted by atomic mass is 32.1. The van der Waals surface area contributed by atoms with Crippen LogP contribution in [0.15, 0.2) is 4.99 Å². The third kappa shape index (κ3) is 2.92. The summed E-state index contributed by atoms with van der Waals surface area (Å²) in [5.74, 6) is -3.49. The maximum absolute atomic E-state index is 12.0. The van der Waals surface area contributed by atoms with E-state index >= 15 is 0 Å². The normalized spacial score (nSPS) is 34.7. The number of nitrogens with two attached hydrogens (primary N) is 2. The zero-order valence-electron chi connectivity index (χ0n) is 14.8.